The minimum atomic E-state index is -0.165. The summed E-state index contributed by atoms with van der Waals surface area (Å²) in [5.41, 5.74) is 5.79. The third-order valence-electron chi connectivity index (χ3n) is 2.04. The molecule has 0 aliphatic heterocycles. The molecule has 0 saturated heterocycles. The lowest BCUT2D eigenvalue weighted by atomic mass is 10.2. The number of furan rings is 1. The molecular weight excluding hydrogens is 194 g/mol. The molecular formula is C10H11N3O2. The van der Waals surface area contributed by atoms with Gasteiger partial charge in [0.05, 0.1) is 6.26 Å². The van der Waals surface area contributed by atoms with Gasteiger partial charge in [0.1, 0.15) is 0 Å². The Labute approximate surface area is 86.0 Å². The van der Waals surface area contributed by atoms with Crippen LogP contribution in [0, 0.1) is 0 Å². The van der Waals surface area contributed by atoms with Crippen molar-refractivity contribution in [2.45, 2.75) is 6.42 Å². The number of hydrogen-bond donors (Lipinski definition) is 2. The van der Waals surface area contributed by atoms with Crippen molar-refractivity contribution in [3.8, 4) is 11.6 Å². The Morgan fingerprint density at radius 3 is 3.00 bits per heavy atom. The number of nitrogens with zero attached hydrogens (tertiary/aromatic N) is 1. The van der Waals surface area contributed by atoms with Gasteiger partial charge in [0, 0.05) is 11.8 Å². The zero-order chi connectivity index (χ0) is 10.7. The van der Waals surface area contributed by atoms with Crippen LogP contribution in [-0.2, 0) is 6.42 Å². The maximum Gasteiger partial charge on any atom is 0.254 e. The lowest BCUT2D eigenvalue weighted by Crippen LogP contribution is -2.17. The third kappa shape index (κ3) is 1.97. The van der Waals surface area contributed by atoms with Crippen LogP contribution >= 0.6 is 0 Å². The van der Waals surface area contributed by atoms with Gasteiger partial charge in [0.2, 0.25) is 0 Å². The standard InChI is InChI=1S/C10H11N3O2/c11-4-3-7-6-12-9(13-10(7)14)8-2-1-5-15-8/h1-2,5-6H,3-4,11H2,(H,12,13,14). The second-order valence-corrected chi connectivity index (χ2v) is 3.10. The summed E-state index contributed by atoms with van der Waals surface area (Å²) in [7, 11) is 0. The molecule has 0 unspecified atom stereocenters. The molecule has 2 aromatic heterocycles. The summed E-state index contributed by atoms with van der Waals surface area (Å²) in [5, 5.41) is 0. The second kappa shape index (κ2) is 4.10. The van der Waals surface area contributed by atoms with Gasteiger partial charge in [-0.15, -0.1) is 0 Å². The first-order chi connectivity index (χ1) is 7.31. The highest BCUT2D eigenvalue weighted by Crippen LogP contribution is 2.12. The molecule has 15 heavy (non-hydrogen) atoms. The Morgan fingerprint density at radius 2 is 2.40 bits per heavy atom. The lowest BCUT2D eigenvalue weighted by molar-refractivity contribution is 0.576. The fraction of sp³-hybridized carbons (Fsp3) is 0.200. The van der Waals surface area contributed by atoms with Crippen molar-refractivity contribution in [2.75, 3.05) is 6.54 Å². The number of nitrogens with two attached hydrogens (primary N) is 1. The van der Waals surface area contributed by atoms with Crippen molar-refractivity contribution in [3.63, 3.8) is 0 Å². The summed E-state index contributed by atoms with van der Waals surface area (Å²) < 4.78 is 5.12. The summed E-state index contributed by atoms with van der Waals surface area (Å²) in [6, 6.07) is 3.48. The zero-order valence-electron chi connectivity index (χ0n) is 8.06. The van der Waals surface area contributed by atoms with Crippen LogP contribution in [-0.4, -0.2) is 16.5 Å². The second-order valence-electron chi connectivity index (χ2n) is 3.10. The van der Waals surface area contributed by atoms with E-state index in [-0.39, 0.29) is 5.56 Å². The first-order valence-electron chi connectivity index (χ1n) is 4.63. The average Bonchev–Trinajstić information content (AvgIpc) is 2.74. The van der Waals surface area contributed by atoms with Crippen LogP contribution in [0.2, 0.25) is 0 Å². The molecule has 5 nitrogen and oxygen atoms in total. The van der Waals surface area contributed by atoms with E-state index >= 15 is 0 Å². The van der Waals surface area contributed by atoms with Gasteiger partial charge >= 0.3 is 0 Å². The molecule has 0 atom stereocenters. The summed E-state index contributed by atoms with van der Waals surface area (Å²) in [6.45, 7) is 0.435. The van der Waals surface area contributed by atoms with Crippen LogP contribution < -0.4 is 11.3 Å². The Kier molecular flexibility index (Phi) is 2.64. The lowest BCUT2D eigenvalue weighted by Gasteiger charge is -1.99. The number of aromatic nitrogens is 2. The highest BCUT2D eigenvalue weighted by atomic mass is 16.3. The molecule has 2 heterocycles. The first kappa shape index (κ1) is 9.67. The van der Waals surface area contributed by atoms with E-state index in [1.54, 1.807) is 12.1 Å². The third-order valence-corrected chi connectivity index (χ3v) is 2.04. The maximum absolute atomic E-state index is 11.5. The molecule has 0 saturated carbocycles. The summed E-state index contributed by atoms with van der Waals surface area (Å²) in [5.74, 6) is 0.983. The number of aromatic amines is 1. The normalized spacial score (nSPS) is 10.5. The van der Waals surface area contributed by atoms with Crippen LogP contribution in [0.3, 0.4) is 0 Å². The van der Waals surface area contributed by atoms with E-state index in [9.17, 15) is 4.79 Å². The quantitative estimate of drug-likeness (QED) is 0.765. The van der Waals surface area contributed by atoms with Crippen molar-refractivity contribution in [3.05, 3.63) is 40.5 Å². The number of rotatable bonds is 3. The van der Waals surface area contributed by atoms with Gasteiger partial charge in [0.15, 0.2) is 11.6 Å². The van der Waals surface area contributed by atoms with E-state index < -0.39 is 0 Å². The first-order valence-corrected chi connectivity index (χ1v) is 4.63. The van der Waals surface area contributed by atoms with Crippen molar-refractivity contribution in [1.29, 1.82) is 0 Å². The average molecular weight is 205 g/mol. The van der Waals surface area contributed by atoms with Gasteiger partial charge in [-0.3, -0.25) is 4.79 Å². The van der Waals surface area contributed by atoms with Crippen molar-refractivity contribution >= 4 is 0 Å². The van der Waals surface area contributed by atoms with Gasteiger partial charge in [-0.25, -0.2) is 4.98 Å². The molecule has 78 valence electrons. The predicted molar refractivity (Wildman–Crippen MR) is 55.3 cm³/mol. The molecule has 0 amide bonds. The van der Waals surface area contributed by atoms with Gasteiger partial charge in [-0.05, 0) is 25.1 Å². The number of hydrogen-bond acceptors (Lipinski definition) is 4. The fourth-order valence-corrected chi connectivity index (χ4v) is 1.29. The van der Waals surface area contributed by atoms with Crippen LogP contribution in [0.4, 0.5) is 0 Å². The van der Waals surface area contributed by atoms with E-state index in [0.717, 1.165) is 0 Å². The smallest absolute Gasteiger partial charge is 0.254 e. The predicted octanol–water partition coefficient (Wildman–Crippen LogP) is 0.531. The molecule has 0 aromatic carbocycles. The summed E-state index contributed by atoms with van der Waals surface area (Å²) in [6.07, 6.45) is 3.59. The monoisotopic (exact) mass is 205 g/mol. The zero-order valence-corrected chi connectivity index (χ0v) is 8.06. The molecule has 0 fully saturated rings. The van der Waals surface area contributed by atoms with E-state index in [0.29, 0.717) is 30.1 Å². The SMILES string of the molecule is NCCc1cnc(-c2ccco2)[nH]c1=O. The minimum absolute atomic E-state index is 0.165. The Hall–Kier alpha value is -1.88. The summed E-state index contributed by atoms with van der Waals surface area (Å²) >= 11 is 0. The molecule has 2 aromatic rings. The van der Waals surface area contributed by atoms with Gasteiger partial charge < -0.3 is 15.1 Å². The molecule has 3 N–H and O–H groups in total. The number of H-pyrrole nitrogens is 1. The maximum atomic E-state index is 11.5. The number of nitrogens with one attached hydrogen (secondary N) is 1. The van der Waals surface area contributed by atoms with Crippen molar-refractivity contribution < 1.29 is 4.42 Å². The van der Waals surface area contributed by atoms with E-state index in [1.807, 2.05) is 0 Å². The van der Waals surface area contributed by atoms with Crippen LogP contribution in [0.1, 0.15) is 5.56 Å². The molecule has 0 spiro atoms. The van der Waals surface area contributed by atoms with E-state index in [2.05, 4.69) is 9.97 Å². The van der Waals surface area contributed by atoms with Crippen molar-refractivity contribution in [2.24, 2.45) is 5.73 Å². The minimum Gasteiger partial charge on any atom is -0.461 e. The summed E-state index contributed by atoms with van der Waals surface area (Å²) in [4.78, 5) is 18.3. The molecule has 2 rings (SSSR count). The fourth-order valence-electron chi connectivity index (χ4n) is 1.29. The molecule has 5 heteroatoms. The van der Waals surface area contributed by atoms with Crippen LogP contribution in [0.15, 0.2) is 33.8 Å². The van der Waals surface area contributed by atoms with E-state index in [1.165, 1.54) is 12.5 Å². The molecule has 0 bridgehead atoms. The van der Waals surface area contributed by atoms with Crippen molar-refractivity contribution in [1.82, 2.24) is 9.97 Å². The Morgan fingerprint density at radius 1 is 1.53 bits per heavy atom. The van der Waals surface area contributed by atoms with Crippen LogP contribution in [0.5, 0.6) is 0 Å². The van der Waals surface area contributed by atoms with Crippen LogP contribution in [0.25, 0.3) is 11.6 Å². The topological polar surface area (TPSA) is 84.9 Å². The van der Waals surface area contributed by atoms with Gasteiger partial charge in [-0.1, -0.05) is 0 Å². The molecule has 0 aliphatic carbocycles. The Balaban J connectivity index is 2.38. The molecule has 0 aliphatic rings. The molecule has 0 radical (unpaired) electrons. The highest BCUT2D eigenvalue weighted by Gasteiger charge is 2.05. The highest BCUT2D eigenvalue weighted by molar-refractivity contribution is 5.45. The Bertz CT molecular complexity index is 488. The van der Waals surface area contributed by atoms with Gasteiger partial charge in [-0.2, -0.15) is 0 Å². The van der Waals surface area contributed by atoms with Gasteiger partial charge in [0.25, 0.3) is 5.56 Å². The largest absolute Gasteiger partial charge is 0.461 e. The van der Waals surface area contributed by atoms with E-state index in [4.69, 9.17) is 10.2 Å².